The minimum Gasteiger partial charge on any atom is -0.445 e. The van der Waals surface area contributed by atoms with Crippen molar-refractivity contribution in [1.82, 2.24) is 0 Å². The Bertz CT molecular complexity index is 310. The normalized spacial score (nSPS) is 11.0. The molecule has 1 rings (SSSR count). The minimum absolute atomic E-state index is 0. The van der Waals surface area contributed by atoms with E-state index in [1.165, 1.54) is 12.1 Å². The van der Waals surface area contributed by atoms with Crippen LogP contribution in [0.15, 0.2) is 12.1 Å². The standard InChI is InChI=1S/C9H11BF3.K/c1-6-4-9(10(11,12)13)5-7(2)8(6)3;/h4-5H,1-3H3;/q-1;+1. The number of aryl methyl sites for hydroxylation is 2. The van der Waals surface area contributed by atoms with Gasteiger partial charge >= 0.3 is 58.4 Å². The van der Waals surface area contributed by atoms with Crippen molar-refractivity contribution in [2.45, 2.75) is 20.8 Å². The van der Waals surface area contributed by atoms with E-state index in [0.717, 1.165) is 5.56 Å². The van der Waals surface area contributed by atoms with E-state index in [9.17, 15) is 12.9 Å². The predicted molar refractivity (Wildman–Crippen MR) is 49.4 cm³/mol. The fraction of sp³-hybridized carbons (Fsp3) is 0.333. The topological polar surface area (TPSA) is 0 Å². The summed E-state index contributed by atoms with van der Waals surface area (Å²) in [6, 6.07) is 2.42. The van der Waals surface area contributed by atoms with Gasteiger partial charge < -0.3 is 12.9 Å². The summed E-state index contributed by atoms with van der Waals surface area (Å²) in [6.45, 7) is 0.379. The summed E-state index contributed by atoms with van der Waals surface area (Å²) in [6.07, 6.45) is 0. The summed E-state index contributed by atoms with van der Waals surface area (Å²) < 4.78 is 37.0. The second-order valence-electron chi connectivity index (χ2n) is 3.35. The first-order valence-electron chi connectivity index (χ1n) is 4.10. The Balaban J connectivity index is 0.00000169. The zero-order valence-electron chi connectivity index (χ0n) is 8.87. The average Bonchev–Trinajstić information content (AvgIpc) is 1.97. The van der Waals surface area contributed by atoms with Gasteiger partial charge in [-0.1, -0.05) is 23.3 Å². The molecule has 0 heterocycles. The van der Waals surface area contributed by atoms with Crippen molar-refractivity contribution in [3.63, 3.8) is 0 Å². The molecule has 0 atom stereocenters. The molecule has 0 radical (unpaired) electrons. The van der Waals surface area contributed by atoms with Crippen LogP contribution < -0.4 is 56.8 Å². The monoisotopic (exact) mass is 226 g/mol. The van der Waals surface area contributed by atoms with E-state index in [0.29, 0.717) is 11.1 Å². The summed E-state index contributed by atoms with van der Waals surface area (Å²) >= 11 is 0. The molecular formula is C9H11BF3K. The molecule has 72 valence electrons. The van der Waals surface area contributed by atoms with Gasteiger partial charge in [-0.2, -0.15) is 0 Å². The molecule has 14 heavy (non-hydrogen) atoms. The zero-order valence-corrected chi connectivity index (χ0v) is 12.0. The van der Waals surface area contributed by atoms with Gasteiger partial charge in [-0.15, -0.1) is 5.46 Å². The van der Waals surface area contributed by atoms with E-state index < -0.39 is 12.4 Å². The smallest absolute Gasteiger partial charge is 0.445 e. The Morgan fingerprint density at radius 2 is 1.29 bits per heavy atom. The number of benzene rings is 1. The van der Waals surface area contributed by atoms with Gasteiger partial charge in [0.05, 0.1) is 0 Å². The second-order valence-corrected chi connectivity index (χ2v) is 3.35. The molecule has 5 heteroatoms. The molecule has 0 fully saturated rings. The number of rotatable bonds is 1. The molecule has 0 unspecified atom stereocenters. The van der Waals surface area contributed by atoms with Crippen LogP contribution in [0.5, 0.6) is 0 Å². The van der Waals surface area contributed by atoms with Crippen LogP contribution in [0.4, 0.5) is 12.9 Å². The zero-order chi connectivity index (χ0) is 10.2. The van der Waals surface area contributed by atoms with Gasteiger partial charge in [0, 0.05) is 0 Å². The van der Waals surface area contributed by atoms with Crippen LogP contribution in [0.1, 0.15) is 16.7 Å². The Hall–Kier alpha value is 0.711. The van der Waals surface area contributed by atoms with Gasteiger partial charge in [0.15, 0.2) is 0 Å². The summed E-state index contributed by atoms with van der Waals surface area (Å²) in [5.41, 5.74) is 1.84. The summed E-state index contributed by atoms with van der Waals surface area (Å²) in [7, 11) is 0. The average molecular weight is 226 g/mol. The molecule has 0 aliphatic rings. The second kappa shape index (κ2) is 5.16. The third-order valence-corrected chi connectivity index (χ3v) is 2.33. The van der Waals surface area contributed by atoms with Gasteiger partial charge in [-0.25, -0.2) is 0 Å². The Morgan fingerprint density at radius 1 is 0.929 bits per heavy atom. The molecular weight excluding hydrogens is 215 g/mol. The van der Waals surface area contributed by atoms with Gasteiger partial charge in [0.25, 0.3) is 0 Å². The number of hydrogen-bond donors (Lipinski definition) is 0. The molecule has 1 aromatic rings. The van der Waals surface area contributed by atoms with E-state index in [1.54, 1.807) is 13.8 Å². The van der Waals surface area contributed by atoms with Gasteiger partial charge in [0.1, 0.15) is 0 Å². The minimum atomic E-state index is -4.86. The molecule has 0 nitrogen and oxygen atoms in total. The molecule has 0 bridgehead atoms. The first-order chi connectivity index (χ1) is 5.82. The molecule has 0 N–H and O–H groups in total. The summed E-state index contributed by atoms with van der Waals surface area (Å²) in [5, 5.41) is 0. The predicted octanol–water partition coefficient (Wildman–Crippen LogP) is -0.330. The van der Waals surface area contributed by atoms with Crippen LogP contribution in [0.2, 0.25) is 0 Å². The molecule has 0 spiro atoms. The van der Waals surface area contributed by atoms with Crippen LogP contribution >= 0.6 is 0 Å². The van der Waals surface area contributed by atoms with Gasteiger partial charge in [0.2, 0.25) is 0 Å². The maximum absolute atomic E-state index is 12.3. The van der Waals surface area contributed by atoms with Gasteiger partial charge in [-0.05, 0) is 26.3 Å². The Kier molecular flexibility index (Phi) is 5.43. The fourth-order valence-corrected chi connectivity index (χ4v) is 1.26. The van der Waals surface area contributed by atoms with Crippen LogP contribution in [0.3, 0.4) is 0 Å². The molecule has 0 saturated heterocycles. The third kappa shape index (κ3) is 3.38. The van der Waals surface area contributed by atoms with Crippen molar-refractivity contribution >= 4 is 12.4 Å². The molecule has 0 saturated carbocycles. The molecule has 0 aliphatic carbocycles. The first-order valence-corrected chi connectivity index (χ1v) is 4.10. The van der Waals surface area contributed by atoms with Crippen molar-refractivity contribution in [3.05, 3.63) is 28.8 Å². The van der Waals surface area contributed by atoms with Crippen LogP contribution in [0, 0.1) is 20.8 Å². The van der Waals surface area contributed by atoms with Crippen molar-refractivity contribution in [2.75, 3.05) is 0 Å². The maximum atomic E-state index is 12.3. The van der Waals surface area contributed by atoms with Crippen molar-refractivity contribution in [3.8, 4) is 0 Å². The van der Waals surface area contributed by atoms with E-state index in [2.05, 4.69) is 0 Å². The Morgan fingerprint density at radius 3 is 1.57 bits per heavy atom. The quantitative estimate of drug-likeness (QED) is 0.575. The molecule has 0 aromatic heterocycles. The first kappa shape index (κ1) is 14.7. The van der Waals surface area contributed by atoms with Crippen LogP contribution in [-0.4, -0.2) is 6.98 Å². The van der Waals surface area contributed by atoms with E-state index >= 15 is 0 Å². The summed E-state index contributed by atoms with van der Waals surface area (Å²) in [4.78, 5) is 0. The van der Waals surface area contributed by atoms with E-state index in [1.807, 2.05) is 6.92 Å². The molecule has 0 amide bonds. The van der Waals surface area contributed by atoms with E-state index in [4.69, 9.17) is 0 Å². The molecule has 1 aromatic carbocycles. The van der Waals surface area contributed by atoms with Crippen molar-refractivity contribution in [1.29, 1.82) is 0 Å². The summed E-state index contributed by atoms with van der Waals surface area (Å²) in [5.74, 6) is 0. The largest absolute Gasteiger partial charge is 1.00 e. The number of halogens is 3. The fourth-order valence-electron chi connectivity index (χ4n) is 1.26. The number of hydrogen-bond acceptors (Lipinski definition) is 0. The van der Waals surface area contributed by atoms with Crippen LogP contribution in [0.25, 0.3) is 0 Å². The van der Waals surface area contributed by atoms with Crippen molar-refractivity contribution in [2.24, 2.45) is 0 Å². The van der Waals surface area contributed by atoms with Crippen molar-refractivity contribution < 1.29 is 64.3 Å². The van der Waals surface area contributed by atoms with Gasteiger partial charge in [-0.3, -0.25) is 0 Å². The SMILES string of the molecule is Cc1cc([B-](F)(F)F)cc(C)c1C.[K+]. The maximum Gasteiger partial charge on any atom is 1.00 e. The van der Waals surface area contributed by atoms with Crippen LogP contribution in [-0.2, 0) is 0 Å². The third-order valence-electron chi connectivity index (χ3n) is 2.33. The van der Waals surface area contributed by atoms with E-state index in [-0.39, 0.29) is 51.4 Å². The Labute approximate surface area is 125 Å². The molecule has 0 aliphatic heterocycles.